The summed E-state index contributed by atoms with van der Waals surface area (Å²) in [5.41, 5.74) is 3.60. The van der Waals surface area contributed by atoms with Gasteiger partial charge in [0.15, 0.2) is 5.76 Å². The maximum Gasteiger partial charge on any atom is 0.301 e. The van der Waals surface area contributed by atoms with Gasteiger partial charge in [-0.3, -0.25) is 10.2 Å². The highest BCUT2D eigenvalue weighted by molar-refractivity contribution is 5.95. The van der Waals surface area contributed by atoms with Gasteiger partial charge in [-0.1, -0.05) is 18.2 Å². The summed E-state index contributed by atoms with van der Waals surface area (Å²) < 4.78 is 5.52. The fourth-order valence-electron chi connectivity index (χ4n) is 2.07. The van der Waals surface area contributed by atoms with Gasteiger partial charge in [0.1, 0.15) is 5.58 Å². The fraction of sp³-hybridized carbons (Fsp3) is 0.308. The highest BCUT2D eigenvalue weighted by atomic mass is 16.3. The molecule has 0 radical (unpaired) electrons. The molecule has 1 aromatic heterocycles. The van der Waals surface area contributed by atoms with Gasteiger partial charge in [0.05, 0.1) is 0 Å². The summed E-state index contributed by atoms with van der Waals surface area (Å²) in [4.78, 5) is 12.0. The van der Waals surface area contributed by atoms with E-state index in [1.165, 1.54) is 0 Å². The van der Waals surface area contributed by atoms with Gasteiger partial charge in [0.25, 0.3) is 0 Å². The van der Waals surface area contributed by atoms with Gasteiger partial charge >= 0.3 is 5.91 Å². The Labute approximate surface area is 105 Å². The number of para-hydroxylation sites is 1. The number of hydrazine groups is 1. The van der Waals surface area contributed by atoms with Gasteiger partial charge in [-0.2, -0.15) is 0 Å². The molecule has 0 saturated carbocycles. The summed E-state index contributed by atoms with van der Waals surface area (Å²) in [6, 6.07) is 9.38. The normalized spacial score (nSPS) is 16.9. The van der Waals surface area contributed by atoms with E-state index in [-0.39, 0.29) is 5.91 Å². The second-order valence-electron chi connectivity index (χ2n) is 4.33. The predicted octanol–water partition coefficient (Wildman–Crippen LogP) is 0.983. The van der Waals surface area contributed by atoms with Crippen molar-refractivity contribution in [1.29, 1.82) is 0 Å². The third-order valence-corrected chi connectivity index (χ3v) is 3.03. The van der Waals surface area contributed by atoms with Gasteiger partial charge in [-0.05, 0) is 12.1 Å². The van der Waals surface area contributed by atoms with Crippen molar-refractivity contribution in [2.45, 2.75) is 0 Å². The fourth-order valence-corrected chi connectivity index (χ4v) is 2.07. The van der Waals surface area contributed by atoms with E-state index in [0.717, 1.165) is 37.1 Å². The van der Waals surface area contributed by atoms with Crippen LogP contribution >= 0.6 is 0 Å². The average molecular weight is 245 g/mol. The SMILES string of the molecule is O=C(NN1CCNCC1)c1cc2ccccc2o1. The molecule has 2 heterocycles. The van der Waals surface area contributed by atoms with E-state index in [0.29, 0.717) is 5.76 Å². The van der Waals surface area contributed by atoms with Crippen molar-refractivity contribution >= 4 is 16.9 Å². The number of furan rings is 1. The largest absolute Gasteiger partial charge is 0.451 e. The van der Waals surface area contributed by atoms with Gasteiger partial charge in [0.2, 0.25) is 0 Å². The molecule has 1 aromatic carbocycles. The van der Waals surface area contributed by atoms with Crippen LogP contribution < -0.4 is 10.7 Å². The number of hydrogen-bond acceptors (Lipinski definition) is 4. The van der Waals surface area contributed by atoms with Crippen molar-refractivity contribution in [2.75, 3.05) is 26.2 Å². The molecule has 1 aliphatic rings. The monoisotopic (exact) mass is 245 g/mol. The smallest absolute Gasteiger partial charge is 0.301 e. The molecule has 18 heavy (non-hydrogen) atoms. The van der Waals surface area contributed by atoms with Crippen LogP contribution in [0.4, 0.5) is 0 Å². The quantitative estimate of drug-likeness (QED) is 0.828. The van der Waals surface area contributed by atoms with Crippen molar-refractivity contribution in [1.82, 2.24) is 15.8 Å². The summed E-state index contributed by atoms with van der Waals surface area (Å²) in [6.07, 6.45) is 0. The molecule has 1 saturated heterocycles. The maximum absolute atomic E-state index is 12.0. The first-order valence-corrected chi connectivity index (χ1v) is 6.08. The number of piperazine rings is 1. The minimum atomic E-state index is -0.187. The van der Waals surface area contributed by atoms with Crippen LogP contribution in [-0.2, 0) is 0 Å². The molecular formula is C13H15N3O2. The number of fused-ring (bicyclic) bond motifs is 1. The zero-order valence-corrected chi connectivity index (χ0v) is 9.98. The lowest BCUT2D eigenvalue weighted by atomic mass is 10.2. The second kappa shape index (κ2) is 4.80. The molecule has 3 rings (SSSR count). The summed E-state index contributed by atoms with van der Waals surface area (Å²) in [7, 11) is 0. The van der Waals surface area contributed by atoms with Crippen LogP contribution in [-0.4, -0.2) is 37.1 Å². The molecule has 94 valence electrons. The molecule has 0 unspecified atom stereocenters. The van der Waals surface area contributed by atoms with Crippen LogP contribution in [0.2, 0.25) is 0 Å². The number of benzene rings is 1. The lowest BCUT2D eigenvalue weighted by Gasteiger charge is -2.26. The zero-order chi connectivity index (χ0) is 12.4. The number of nitrogens with one attached hydrogen (secondary N) is 2. The first-order valence-electron chi connectivity index (χ1n) is 6.08. The first-order chi connectivity index (χ1) is 8.83. The molecule has 0 bridgehead atoms. The molecule has 5 nitrogen and oxygen atoms in total. The molecule has 1 aliphatic heterocycles. The number of carbonyl (C=O) groups is 1. The number of amides is 1. The summed E-state index contributed by atoms with van der Waals surface area (Å²) in [5.74, 6) is 0.169. The number of carbonyl (C=O) groups excluding carboxylic acids is 1. The predicted molar refractivity (Wildman–Crippen MR) is 68.1 cm³/mol. The van der Waals surface area contributed by atoms with Crippen molar-refractivity contribution in [2.24, 2.45) is 0 Å². The van der Waals surface area contributed by atoms with Crippen molar-refractivity contribution < 1.29 is 9.21 Å². The van der Waals surface area contributed by atoms with Crippen LogP contribution in [0.1, 0.15) is 10.6 Å². The topological polar surface area (TPSA) is 57.5 Å². The Morgan fingerprint density at radius 3 is 2.83 bits per heavy atom. The van der Waals surface area contributed by atoms with Gasteiger partial charge in [-0.15, -0.1) is 0 Å². The van der Waals surface area contributed by atoms with Crippen LogP contribution in [0.25, 0.3) is 11.0 Å². The number of rotatable bonds is 2. The second-order valence-corrected chi connectivity index (χ2v) is 4.33. The Morgan fingerprint density at radius 2 is 2.06 bits per heavy atom. The molecule has 1 fully saturated rings. The van der Waals surface area contributed by atoms with Gasteiger partial charge in [0, 0.05) is 31.6 Å². The Hall–Kier alpha value is -1.85. The summed E-state index contributed by atoms with van der Waals surface area (Å²) in [6.45, 7) is 3.40. The minimum absolute atomic E-state index is 0.187. The molecule has 2 aromatic rings. The molecule has 0 atom stereocenters. The highest BCUT2D eigenvalue weighted by Gasteiger charge is 2.16. The molecule has 2 N–H and O–H groups in total. The minimum Gasteiger partial charge on any atom is -0.451 e. The lowest BCUT2D eigenvalue weighted by Crippen LogP contribution is -2.52. The molecule has 0 aliphatic carbocycles. The van der Waals surface area contributed by atoms with E-state index in [2.05, 4.69) is 10.7 Å². The van der Waals surface area contributed by atoms with Crippen LogP contribution in [0.5, 0.6) is 0 Å². The third-order valence-electron chi connectivity index (χ3n) is 3.03. The van der Waals surface area contributed by atoms with E-state index in [1.807, 2.05) is 29.3 Å². The molecule has 0 spiro atoms. The molecular weight excluding hydrogens is 230 g/mol. The van der Waals surface area contributed by atoms with Gasteiger partial charge < -0.3 is 9.73 Å². The highest BCUT2D eigenvalue weighted by Crippen LogP contribution is 2.18. The van der Waals surface area contributed by atoms with E-state index in [9.17, 15) is 4.79 Å². The van der Waals surface area contributed by atoms with Crippen LogP contribution in [0.3, 0.4) is 0 Å². The third kappa shape index (κ3) is 2.23. The van der Waals surface area contributed by atoms with Crippen LogP contribution in [0, 0.1) is 0 Å². The Kier molecular flexibility index (Phi) is 3.00. The standard InChI is InChI=1S/C13H15N3O2/c17-13(15-16-7-5-14-6-8-16)12-9-10-3-1-2-4-11(10)18-12/h1-4,9,14H,5-8H2,(H,15,17). The Morgan fingerprint density at radius 1 is 1.28 bits per heavy atom. The number of hydrogen-bond donors (Lipinski definition) is 2. The average Bonchev–Trinajstić information content (AvgIpc) is 2.84. The Bertz CT molecular complexity index is 525. The van der Waals surface area contributed by atoms with Crippen LogP contribution in [0.15, 0.2) is 34.7 Å². The Balaban J connectivity index is 1.74. The molecule has 5 heteroatoms. The number of nitrogens with zero attached hydrogens (tertiary/aromatic N) is 1. The summed E-state index contributed by atoms with van der Waals surface area (Å²) in [5, 5.41) is 6.09. The summed E-state index contributed by atoms with van der Waals surface area (Å²) >= 11 is 0. The van der Waals surface area contributed by atoms with Crippen molar-refractivity contribution in [3.63, 3.8) is 0 Å². The first kappa shape index (κ1) is 11.3. The van der Waals surface area contributed by atoms with Gasteiger partial charge in [-0.25, -0.2) is 5.01 Å². The lowest BCUT2D eigenvalue weighted by molar-refractivity contribution is 0.0738. The molecule has 1 amide bonds. The van der Waals surface area contributed by atoms with E-state index < -0.39 is 0 Å². The van der Waals surface area contributed by atoms with E-state index in [4.69, 9.17) is 4.42 Å². The van der Waals surface area contributed by atoms with Crippen molar-refractivity contribution in [3.8, 4) is 0 Å². The maximum atomic E-state index is 12.0. The van der Waals surface area contributed by atoms with Crippen molar-refractivity contribution in [3.05, 3.63) is 36.1 Å². The zero-order valence-electron chi connectivity index (χ0n) is 9.98. The van der Waals surface area contributed by atoms with E-state index >= 15 is 0 Å². The van der Waals surface area contributed by atoms with E-state index in [1.54, 1.807) is 6.07 Å².